The van der Waals surface area contributed by atoms with Crippen LogP contribution >= 0.6 is 11.8 Å². The molecule has 18 heavy (non-hydrogen) atoms. The summed E-state index contributed by atoms with van der Waals surface area (Å²) in [5.74, 6) is 1.22. The molecular formula is C14H20FNOS. The van der Waals surface area contributed by atoms with Crippen molar-refractivity contribution in [3.05, 3.63) is 29.6 Å². The largest absolute Gasteiger partial charge is 0.494 e. The molecule has 0 aliphatic carbocycles. The van der Waals surface area contributed by atoms with Gasteiger partial charge in [-0.3, -0.25) is 0 Å². The van der Waals surface area contributed by atoms with Gasteiger partial charge in [0.2, 0.25) is 0 Å². The lowest BCUT2D eigenvalue weighted by atomic mass is 10.1. The highest BCUT2D eigenvalue weighted by molar-refractivity contribution is 8.00. The van der Waals surface area contributed by atoms with E-state index in [0.717, 1.165) is 5.56 Å². The summed E-state index contributed by atoms with van der Waals surface area (Å²) in [5, 5.41) is 4.22. The molecule has 1 saturated heterocycles. The molecule has 0 radical (unpaired) electrons. The van der Waals surface area contributed by atoms with Gasteiger partial charge in [-0.2, -0.15) is 11.8 Å². The molecule has 1 aliphatic heterocycles. The second kappa shape index (κ2) is 5.93. The van der Waals surface area contributed by atoms with Crippen LogP contribution in [0, 0.1) is 5.82 Å². The van der Waals surface area contributed by atoms with Crippen LogP contribution in [0.2, 0.25) is 0 Å². The summed E-state index contributed by atoms with van der Waals surface area (Å²) >= 11 is 2.00. The second-order valence-electron chi connectivity index (χ2n) is 4.75. The van der Waals surface area contributed by atoms with Gasteiger partial charge in [-0.15, -0.1) is 0 Å². The van der Waals surface area contributed by atoms with Crippen molar-refractivity contribution in [2.45, 2.75) is 37.6 Å². The van der Waals surface area contributed by atoms with Gasteiger partial charge in [0.15, 0.2) is 11.6 Å². The molecule has 0 aromatic heterocycles. The van der Waals surface area contributed by atoms with Crippen LogP contribution in [0.15, 0.2) is 18.2 Å². The highest BCUT2D eigenvalue weighted by Crippen LogP contribution is 2.29. The van der Waals surface area contributed by atoms with Gasteiger partial charge in [0.25, 0.3) is 0 Å². The Morgan fingerprint density at radius 1 is 1.50 bits per heavy atom. The van der Waals surface area contributed by atoms with E-state index < -0.39 is 0 Å². The van der Waals surface area contributed by atoms with E-state index in [9.17, 15) is 4.39 Å². The van der Waals surface area contributed by atoms with Crippen molar-refractivity contribution in [2.24, 2.45) is 0 Å². The van der Waals surface area contributed by atoms with Crippen LogP contribution in [0.25, 0.3) is 0 Å². The first-order valence-electron chi connectivity index (χ1n) is 6.33. The van der Waals surface area contributed by atoms with E-state index in [1.54, 1.807) is 12.1 Å². The van der Waals surface area contributed by atoms with E-state index in [2.05, 4.69) is 19.2 Å². The van der Waals surface area contributed by atoms with Crippen molar-refractivity contribution in [3.8, 4) is 5.75 Å². The van der Waals surface area contributed by atoms with E-state index in [4.69, 9.17) is 4.74 Å². The molecular weight excluding hydrogens is 249 g/mol. The van der Waals surface area contributed by atoms with Crippen LogP contribution in [0.4, 0.5) is 4.39 Å². The molecule has 3 unspecified atom stereocenters. The Hall–Kier alpha value is -0.740. The van der Waals surface area contributed by atoms with E-state index in [0.29, 0.717) is 17.0 Å². The number of rotatable bonds is 4. The lowest BCUT2D eigenvalue weighted by Gasteiger charge is -2.22. The molecule has 2 rings (SSSR count). The highest BCUT2D eigenvalue weighted by Gasteiger charge is 2.25. The molecule has 1 heterocycles. The first-order valence-corrected chi connectivity index (χ1v) is 7.37. The van der Waals surface area contributed by atoms with Gasteiger partial charge in [-0.25, -0.2) is 4.39 Å². The Morgan fingerprint density at radius 3 is 2.83 bits per heavy atom. The summed E-state index contributed by atoms with van der Waals surface area (Å²) in [4.78, 5) is 0. The average molecular weight is 269 g/mol. The van der Waals surface area contributed by atoms with Gasteiger partial charge in [0.05, 0.1) is 7.11 Å². The molecule has 1 N–H and O–H groups in total. The number of hydrogen-bond acceptors (Lipinski definition) is 3. The Bertz CT molecular complexity index is 413. The number of halogens is 1. The highest BCUT2D eigenvalue weighted by atomic mass is 32.2. The molecule has 100 valence electrons. The molecule has 2 nitrogen and oxygen atoms in total. The molecule has 0 amide bonds. The quantitative estimate of drug-likeness (QED) is 0.905. The minimum absolute atomic E-state index is 0.163. The fraction of sp³-hybridized carbons (Fsp3) is 0.571. The standard InChI is InChI=1S/C14H20FNOS/c1-9(16-13-6-7-18-10(13)2)11-4-5-14(17-3)12(15)8-11/h4-5,8-10,13,16H,6-7H2,1-3H3. The van der Waals surface area contributed by atoms with E-state index >= 15 is 0 Å². The average Bonchev–Trinajstić information content (AvgIpc) is 2.75. The van der Waals surface area contributed by atoms with Gasteiger partial charge >= 0.3 is 0 Å². The number of benzene rings is 1. The zero-order valence-corrected chi connectivity index (χ0v) is 11.9. The minimum atomic E-state index is -0.294. The predicted molar refractivity (Wildman–Crippen MR) is 74.8 cm³/mol. The molecule has 1 fully saturated rings. The van der Waals surface area contributed by atoms with Crippen LogP contribution in [-0.4, -0.2) is 24.2 Å². The van der Waals surface area contributed by atoms with Gasteiger partial charge in [0.1, 0.15) is 0 Å². The number of ether oxygens (including phenoxy) is 1. The fourth-order valence-electron chi connectivity index (χ4n) is 2.32. The van der Waals surface area contributed by atoms with Crippen LogP contribution in [0.5, 0.6) is 5.75 Å². The minimum Gasteiger partial charge on any atom is -0.494 e. The summed E-state index contributed by atoms with van der Waals surface area (Å²) in [5.41, 5.74) is 0.970. The molecule has 0 saturated carbocycles. The van der Waals surface area contributed by atoms with Gasteiger partial charge in [0, 0.05) is 17.3 Å². The van der Waals surface area contributed by atoms with Crippen molar-refractivity contribution in [1.29, 1.82) is 0 Å². The normalized spacial score (nSPS) is 25.1. The molecule has 3 atom stereocenters. The fourth-order valence-corrected chi connectivity index (χ4v) is 3.53. The summed E-state index contributed by atoms with van der Waals surface area (Å²) in [6, 6.07) is 5.86. The Kier molecular flexibility index (Phi) is 4.51. The van der Waals surface area contributed by atoms with Crippen molar-refractivity contribution in [2.75, 3.05) is 12.9 Å². The molecule has 0 spiro atoms. The van der Waals surface area contributed by atoms with Gasteiger partial charge in [-0.1, -0.05) is 13.0 Å². The number of nitrogens with one attached hydrogen (secondary N) is 1. The zero-order chi connectivity index (χ0) is 13.1. The smallest absolute Gasteiger partial charge is 0.165 e. The summed E-state index contributed by atoms with van der Waals surface area (Å²) < 4.78 is 18.6. The summed E-state index contributed by atoms with van der Waals surface area (Å²) in [6.07, 6.45) is 1.19. The third kappa shape index (κ3) is 2.98. The monoisotopic (exact) mass is 269 g/mol. The molecule has 1 aromatic carbocycles. The first-order chi connectivity index (χ1) is 8.61. The van der Waals surface area contributed by atoms with Crippen molar-refractivity contribution >= 4 is 11.8 Å². The maximum atomic E-state index is 13.6. The number of methoxy groups -OCH3 is 1. The Labute approximate surface area is 112 Å². The van der Waals surface area contributed by atoms with Crippen molar-refractivity contribution < 1.29 is 9.13 Å². The van der Waals surface area contributed by atoms with E-state index in [1.807, 2.05) is 17.8 Å². The van der Waals surface area contributed by atoms with Crippen molar-refractivity contribution in [1.82, 2.24) is 5.32 Å². The van der Waals surface area contributed by atoms with E-state index in [1.165, 1.54) is 19.3 Å². The molecule has 4 heteroatoms. The van der Waals surface area contributed by atoms with Crippen LogP contribution in [0.1, 0.15) is 31.9 Å². The third-order valence-electron chi connectivity index (χ3n) is 3.52. The zero-order valence-electron chi connectivity index (χ0n) is 11.1. The number of thioether (sulfide) groups is 1. The van der Waals surface area contributed by atoms with Crippen molar-refractivity contribution in [3.63, 3.8) is 0 Å². The second-order valence-corrected chi connectivity index (χ2v) is 6.24. The van der Waals surface area contributed by atoms with Crippen LogP contribution < -0.4 is 10.1 Å². The van der Waals surface area contributed by atoms with Gasteiger partial charge < -0.3 is 10.1 Å². The molecule has 0 bridgehead atoms. The van der Waals surface area contributed by atoms with E-state index in [-0.39, 0.29) is 11.9 Å². The SMILES string of the molecule is COc1ccc(C(C)NC2CCSC2C)cc1F. The summed E-state index contributed by atoms with van der Waals surface area (Å²) in [7, 11) is 1.48. The Morgan fingerprint density at radius 2 is 2.28 bits per heavy atom. The predicted octanol–water partition coefficient (Wildman–Crippen LogP) is 3.38. The van der Waals surface area contributed by atoms with Crippen LogP contribution in [-0.2, 0) is 0 Å². The molecule has 1 aliphatic rings. The maximum absolute atomic E-state index is 13.6. The lowest BCUT2D eigenvalue weighted by Crippen LogP contribution is -2.35. The summed E-state index contributed by atoms with van der Waals surface area (Å²) in [6.45, 7) is 4.33. The lowest BCUT2D eigenvalue weighted by molar-refractivity contribution is 0.384. The maximum Gasteiger partial charge on any atom is 0.165 e. The topological polar surface area (TPSA) is 21.3 Å². The van der Waals surface area contributed by atoms with Gasteiger partial charge in [-0.05, 0) is 36.8 Å². The van der Waals surface area contributed by atoms with Crippen LogP contribution in [0.3, 0.4) is 0 Å². The molecule has 1 aromatic rings. The first kappa shape index (κ1) is 13.7. The number of hydrogen-bond donors (Lipinski definition) is 1. The Balaban J connectivity index is 2.04. The third-order valence-corrected chi connectivity index (χ3v) is 4.84.